The minimum absolute atomic E-state index is 0.157. The van der Waals surface area contributed by atoms with E-state index in [1.165, 1.54) is 0 Å². The zero-order valence-corrected chi connectivity index (χ0v) is 19.1. The number of aromatic nitrogens is 3. The van der Waals surface area contributed by atoms with Gasteiger partial charge in [0.15, 0.2) is 0 Å². The van der Waals surface area contributed by atoms with Crippen molar-refractivity contribution in [3.8, 4) is 5.95 Å². The van der Waals surface area contributed by atoms with E-state index in [9.17, 15) is 9.59 Å². The van der Waals surface area contributed by atoms with Crippen LogP contribution < -0.4 is 20.1 Å². The van der Waals surface area contributed by atoms with Crippen LogP contribution in [0.2, 0.25) is 0 Å². The van der Waals surface area contributed by atoms with E-state index in [0.29, 0.717) is 17.1 Å². The van der Waals surface area contributed by atoms with E-state index in [0.717, 1.165) is 24.4 Å². The van der Waals surface area contributed by atoms with Crippen LogP contribution in [0.3, 0.4) is 0 Å². The van der Waals surface area contributed by atoms with Crippen molar-refractivity contribution >= 4 is 62.7 Å². The Hall–Kier alpha value is -3.00. The van der Waals surface area contributed by atoms with E-state index in [1.54, 1.807) is 43.7 Å². The van der Waals surface area contributed by atoms with Crippen molar-refractivity contribution in [3.05, 3.63) is 76.5 Å². The second kappa shape index (κ2) is 8.39. The van der Waals surface area contributed by atoms with Gasteiger partial charge in [-0.05, 0) is 0 Å². The normalized spacial score (nSPS) is 10.9. The Morgan fingerprint density at radius 1 is 1.10 bits per heavy atom. The summed E-state index contributed by atoms with van der Waals surface area (Å²) >= 11 is 3.19. The maximum absolute atomic E-state index is 12.1. The molecule has 0 aliphatic heterocycles. The molecule has 0 radical (unpaired) electrons. The van der Waals surface area contributed by atoms with Gasteiger partial charge in [0.25, 0.3) is 0 Å². The molecular weight excluding hydrogens is 513 g/mol. The Bertz CT molecular complexity index is 1270. The molecule has 4 rings (SSSR count). The molecule has 2 aromatic carbocycles. The first-order valence-electron chi connectivity index (χ1n) is 8.90. The van der Waals surface area contributed by atoms with Crippen molar-refractivity contribution in [2.24, 2.45) is 5.73 Å². The number of amides is 2. The van der Waals surface area contributed by atoms with Crippen molar-refractivity contribution in [3.63, 3.8) is 0 Å². The molecule has 9 heteroatoms. The first-order chi connectivity index (χ1) is 14.5. The molecule has 2 amide bonds. The number of fused-ring (bicyclic) bond motifs is 1. The summed E-state index contributed by atoms with van der Waals surface area (Å²) in [4.78, 5) is 32.8. The molecule has 0 spiro atoms. The molecule has 2 aromatic heterocycles. The van der Waals surface area contributed by atoms with Crippen LogP contribution in [-0.4, -0.2) is 48.4 Å². The van der Waals surface area contributed by atoms with Crippen LogP contribution in [0.15, 0.2) is 65.4 Å². The third-order valence-electron chi connectivity index (χ3n) is 4.43. The Morgan fingerprint density at radius 3 is 2.57 bits per heavy atom. The van der Waals surface area contributed by atoms with Crippen molar-refractivity contribution in [2.75, 3.05) is 7.05 Å². The van der Waals surface area contributed by atoms with Crippen molar-refractivity contribution < 1.29 is 9.59 Å². The molecule has 0 atom stereocenters. The quantitative estimate of drug-likeness (QED) is 0.381. The van der Waals surface area contributed by atoms with Gasteiger partial charge in [-0.2, -0.15) is 0 Å². The van der Waals surface area contributed by atoms with E-state index in [-0.39, 0.29) is 20.9 Å². The number of carbonyl (C=O) groups is 2. The first-order valence-corrected chi connectivity index (χ1v) is 11.4. The van der Waals surface area contributed by atoms with Crippen molar-refractivity contribution in [2.45, 2.75) is 0 Å². The van der Waals surface area contributed by atoms with Gasteiger partial charge in [-0.15, -0.1) is 0 Å². The van der Waals surface area contributed by atoms with Gasteiger partial charge in [-0.3, -0.25) is 0 Å². The summed E-state index contributed by atoms with van der Waals surface area (Å²) < 4.78 is 4.59. The van der Waals surface area contributed by atoms with Gasteiger partial charge < -0.3 is 0 Å². The maximum atomic E-state index is 12.1. The zero-order chi connectivity index (χ0) is 21.3. The molecule has 0 bridgehead atoms. The van der Waals surface area contributed by atoms with Crippen LogP contribution in [0.4, 0.5) is 0 Å². The van der Waals surface area contributed by atoms with Gasteiger partial charge >= 0.3 is 187 Å². The first kappa shape index (κ1) is 20.3. The number of nitrogens with one attached hydrogen (secondary N) is 1. The Morgan fingerprint density at radius 2 is 1.87 bits per heavy atom. The van der Waals surface area contributed by atoms with Crippen LogP contribution in [-0.2, 0) is 0 Å². The second-order valence-electron chi connectivity index (χ2n) is 6.33. The fourth-order valence-corrected chi connectivity index (χ4v) is 6.17. The number of hydrogen-bond acceptors (Lipinski definition) is 4. The number of benzene rings is 2. The van der Waals surface area contributed by atoms with E-state index in [1.807, 2.05) is 28.8 Å². The van der Waals surface area contributed by atoms with E-state index in [2.05, 4.69) is 31.2 Å². The third kappa shape index (κ3) is 3.87. The summed E-state index contributed by atoms with van der Waals surface area (Å²) in [6.45, 7) is 0. The fourth-order valence-electron chi connectivity index (χ4n) is 3.06. The molecule has 3 N–H and O–H groups in total. The molecule has 30 heavy (non-hydrogen) atoms. The Kier molecular flexibility index (Phi) is 5.67. The molecule has 0 aliphatic carbocycles. The van der Waals surface area contributed by atoms with Crippen LogP contribution in [0, 0.1) is 0 Å². The van der Waals surface area contributed by atoms with Crippen LogP contribution in [0.1, 0.15) is 20.7 Å². The van der Waals surface area contributed by atoms with Crippen LogP contribution in [0.5, 0.6) is 0 Å². The second-order valence-corrected chi connectivity index (χ2v) is 9.47. The molecule has 7 nitrogen and oxygen atoms in total. The summed E-state index contributed by atoms with van der Waals surface area (Å²) in [6, 6.07) is 14.7. The molecule has 4 aromatic rings. The van der Waals surface area contributed by atoms with E-state index >= 15 is 0 Å². The summed E-state index contributed by atoms with van der Waals surface area (Å²) in [7, 11) is 1.60. The molecular formula is C21H16BrN5O2Se. The Balaban J connectivity index is 1.92. The number of nitrogens with zero attached hydrogens (tertiary/aromatic N) is 3. The SMILES string of the molecule is CNC(=O)c1ccc2c(c1)cc([Se]c1cc(Br)ccc1C(N)=O)n2-c1ncccn1. The van der Waals surface area contributed by atoms with Gasteiger partial charge in [0.1, 0.15) is 0 Å². The summed E-state index contributed by atoms with van der Waals surface area (Å²) in [5, 5.41) is 3.53. The van der Waals surface area contributed by atoms with E-state index < -0.39 is 5.91 Å². The molecule has 150 valence electrons. The number of primary amides is 1. The van der Waals surface area contributed by atoms with Gasteiger partial charge in [-0.1, -0.05) is 0 Å². The number of nitrogens with two attached hydrogens (primary N) is 1. The molecule has 0 aliphatic rings. The van der Waals surface area contributed by atoms with Gasteiger partial charge in [0.05, 0.1) is 0 Å². The van der Waals surface area contributed by atoms with Gasteiger partial charge in [0, 0.05) is 0 Å². The average molecular weight is 529 g/mol. The van der Waals surface area contributed by atoms with Crippen molar-refractivity contribution in [1.82, 2.24) is 19.9 Å². The van der Waals surface area contributed by atoms with Gasteiger partial charge in [0.2, 0.25) is 0 Å². The molecule has 0 saturated carbocycles. The molecule has 2 heterocycles. The van der Waals surface area contributed by atoms with Gasteiger partial charge in [-0.25, -0.2) is 0 Å². The Labute approximate surface area is 187 Å². The third-order valence-corrected chi connectivity index (χ3v) is 7.17. The van der Waals surface area contributed by atoms with Crippen molar-refractivity contribution in [1.29, 1.82) is 0 Å². The standard InChI is InChI=1S/C21H16BrN5O2Se/c1-24-20(29)12-3-6-16-13(9-12)10-18(27(16)21-25-7-2-8-26-21)30-17-11-14(22)4-5-15(17)19(23)28/h2-11H,1H3,(H2,23,28)(H,24,29). The van der Waals surface area contributed by atoms with E-state index in [4.69, 9.17) is 5.73 Å². The number of rotatable bonds is 5. The average Bonchev–Trinajstić information content (AvgIpc) is 3.10. The van der Waals surface area contributed by atoms with Crippen LogP contribution >= 0.6 is 15.9 Å². The summed E-state index contributed by atoms with van der Waals surface area (Å²) in [6.07, 6.45) is 3.36. The minimum atomic E-state index is -0.472. The summed E-state index contributed by atoms with van der Waals surface area (Å²) in [5.41, 5.74) is 7.51. The van der Waals surface area contributed by atoms with Crippen LogP contribution in [0.25, 0.3) is 16.9 Å². The number of hydrogen-bond donors (Lipinski definition) is 2. The summed E-state index contributed by atoms with van der Waals surface area (Å²) in [5.74, 6) is -0.108. The molecule has 0 fully saturated rings. The topological polar surface area (TPSA) is 103 Å². The monoisotopic (exact) mass is 529 g/mol. The predicted molar refractivity (Wildman–Crippen MR) is 120 cm³/mol. The number of carbonyl (C=O) groups excluding carboxylic acids is 2. The number of halogens is 1. The zero-order valence-electron chi connectivity index (χ0n) is 15.8. The predicted octanol–water partition coefficient (Wildman–Crippen LogP) is 1.30. The fraction of sp³-hybridized carbons (Fsp3) is 0.0476. The molecule has 0 unspecified atom stereocenters. The molecule has 0 saturated heterocycles.